The van der Waals surface area contributed by atoms with Crippen LogP contribution in [0.25, 0.3) is 0 Å². The summed E-state index contributed by atoms with van der Waals surface area (Å²) < 4.78 is 24.2. The third-order valence-electron chi connectivity index (χ3n) is 3.75. The van der Waals surface area contributed by atoms with Crippen molar-refractivity contribution in [2.45, 2.75) is 19.4 Å². The number of hydrogen-bond acceptors (Lipinski definition) is 3. The molecule has 1 N–H and O–H groups in total. The Kier molecular flexibility index (Phi) is 3.69. The van der Waals surface area contributed by atoms with E-state index < -0.39 is 0 Å². The first kappa shape index (κ1) is 13.7. The summed E-state index contributed by atoms with van der Waals surface area (Å²) in [5.41, 5.74) is 3.11. The van der Waals surface area contributed by atoms with Gasteiger partial charge in [0.1, 0.15) is 5.75 Å². The molecule has 0 spiro atoms. The summed E-state index contributed by atoms with van der Waals surface area (Å²) in [6, 6.07) is 11.1. The van der Waals surface area contributed by atoms with Gasteiger partial charge in [-0.3, -0.25) is 0 Å². The number of nitrogens with one attached hydrogen (secondary N) is 1. The van der Waals surface area contributed by atoms with Gasteiger partial charge in [0, 0.05) is 18.2 Å². The van der Waals surface area contributed by atoms with Crippen molar-refractivity contribution in [3.63, 3.8) is 0 Å². The maximum absolute atomic E-state index is 13.8. The first-order chi connectivity index (χ1) is 10.2. The Morgan fingerprint density at radius 1 is 1.24 bits per heavy atom. The van der Waals surface area contributed by atoms with Gasteiger partial charge < -0.3 is 14.8 Å². The number of methoxy groups -OCH3 is 1. The molecule has 3 nitrogen and oxygen atoms in total. The standard InChI is InChI=1S/C17H18FNO2/c1-11(12-3-5-17(20-2)15(18)10-12)19-14-4-6-16-13(9-14)7-8-21-16/h3-6,9-11,19H,7-8H2,1-2H3. The third-order valence-corrected chi connectivity index (χ3v) is 3.75. The topological polar surface area (TPSA) is 30.5 Å². The fourth-order valence-electron chi connectivity index (χ4n) is 2.56. The molecular weight excluding hydrogens is 269 g/mol. The van der Waals surface area contributed by atoms with Crippen molar-refractivity contribution >= 4 is 5.69 Å². The summed E-state index contributed by atoms with van der Waals surface area (Å²) in [6.07, 6.45) is 0.941. The molecule has 3 rings (SSSR count). The summed E-state index contributed by atoms with van der Waals surface area (Å²) in [5, 5.41) is 3.39. The average molecular weight is 287 g/mol. The largest absolute Gasteiger partial charge is 0.494 e. The highest BCUT2D eigenvalue weighted by atomic mass is 19.1. The van der Waals surface area contributed by atoms with Crippen LogP contribution in [0.4, 0.5) is 10.1 Å². The Labute approximate surface area is 123 Å². The summed E-state index contributed by atoms with van der Waals surface area (Å²) in [6.45, 7) is 2.75. The van der Waals surface area contributed by atoms with E-state index in [2.05, 4.69) is 11.4 Å². The lowest BCUT2D eigenvalue weighted by molar-refractivity contribution is 0.357. The second-order valence-corrected chi connectivity index (χ2v) is 5.18. The minimum absolute atomic E-state index is 0.00535. The third kappa shape index (κ3) is 2.79. The van der Waals surface area contributed by atoms with E-state index in [0.717, 1.165) is 30.0 Å². The maximum atomic E-state index is 13.8. The van der Waals surface area contributed by atoms with Gasteiger partial charge in [0.2, 0.25) is 0 Å². The molecule has 0 aliphatic carbocycles. The average Bonchev–Trinajstić information content (AvgIpc) is 2.94. The van der Waals surface area contributed by atoms with Gasteiger partial charge in [-0.15, -0.1) is 0 Å². The first-order valence-electron chi connectivity index (χ1n) is 7.03. The van der Waals surface area contributed by atoms with Crippen molar-refractivity contribution in [1.82, 2.24) is 0 Å². The van der Waals surface area contributed by atoms with E-state index in [1.807, 2.05) is 25.1 Å². The maximum Gasteiger partial charge on any atom is 0.165 e. The molecular formula is C17H18FNO2. The number of rotatable bonds is 4. The van der Waals surface area contributed by atoms with Gasteiger partial charge in [0.05, 0.1) is 13.7 Å². The lowest BCUT2D eigenvalue weighted by Crippen LogP contribution is -2.07. The van der Waals surface area contributed by atoms with Crippen molar-refractivity contribution in [2.75, 3.05) is 19.0 Å². The van der Waals surface area contributed by atoms with E-state index in [1.54, 1.807) is 6.07 Å². The van der Waals surface area contributed by atoms with Crippen molar-refractivity contribution in [2.24, 2.45) is 0 Å². The van der Waals surface area contributed by atoms with E-state index in [1.165, 1.54) is 18.7 Å². The van der Waals surface area contributed by atoms with Crippen LogP contribution < -0.4 is 14.8 Å². The molecule has 110 valence electrons. The van der Waals surface area contributed by atoms with Gasteiger partial charge in [0.25, 0.3) is 0 Å². The van der Waals surface area contributed by atoms with Crippen LogP contribution in [0.3, 0.4) is 0 Å². The molecule has 0 radical (unpaired) electrons. The number of hydrogen-bond donors (Lipinski definition) is 1. The molecule has 0 saturated heterocycles. The summed E-state index contributed by atoms with van der Waals surface area (Å²) in [5.74, 6) is 0.885. The Morgan fingerprint density at radius 2 is 2.10 bits per heavy atom. The highest BCUT2D eigenvalue weighted by Crippen LogP contribution is 2.30. The Bertz CT molecular complexity index is 657. The van der Waals surface area contributed by atoms with Crippen LogP contribution in [-0.4, -0.2) is 13.7 Å². The minimum Gasteiger partial charge on any atom is -0.494 e. The van der Waals surface area contributed by atoms with Gasteiger partial charge in [0.15, 0.2) is 11.6 Å². The van der Waals surface area contributed by atoms with Gasteiger partial charge in [-0.2, -0.15) is 0 Å². The summed E-state index contributed by atoms with van der Waals surface area (Å²) in [7, 11) is 1.46. The van der Waals surface area contributed by atoms with E-state index in [4.69, 9.17) is 9.47 Å². The van der Waals surface area contributed by atoms with E-state index in [9.17, 15) is 4.39 Å². The number of halogens is 1. The Morgan fingerprint density at radius 3 is 2.86 bits per heavy atom. The second kappa shape index (κ2) is 5.64. The SMILES string of the molecule is COc1ccc(C(C)Nc2ccc3c(c2)CCO3)cc1F. The molecule has 4 heteroatoms. The van der Waals surface area contributed by atoms with Crippen LogP contribution in [0.1, 0.15) is 24.1 Å². The van der Waals surface area contributed by atoms with Crippen molar-refractivity contribution in [1.29, 1.82) is 0 Å². The molecule has 0 bridgehead atoms. The van der Waals surface area contributed by atoms with Crippen LogP contribution in [0.2, 0.25) is 0 Å². The van der Waals surface area contributed by atoms with Crippen LogP contribution in [0, 0.1) is 5.82 Å². The molecule has 0 aromatic heterocycles. The lowest BCUT2D eigenvalue weighted by atomic mass is 10.1. The van der Waals surface area contributed by atoms with E-state index in [-0.39, 0.29) is 17.6 Å². The monoisotopic (exact) mass is 287 g/mol. The van der Waals surface area contributed by atoms with Gasteiger partial charge in [-0.1, -0.05) is 6.07 Å². The molecule has 0 amide bonds. The van der Waals surface area contributed by atoms with Gasteiger partial charge in [-0.05, 0) is 48.4 Å². The molecule has 2 aromatic carbocycles. The van der Waals surface area contributed by atoms with Crippen molar-refractivity contribution < 1.29 is 13.9 Å². The number of ether oxygens (including phenoxy) is 2. The van der Waals surface area contributed by atoms with Gasteiger partial charge >= 0.3 is 0 Å². The summed E-state index contributed by atoms with van der Waals surface area (Å²) >= 11 is 0. The lowest BCUT2D eigenvalue weighted by Gasteiger charge is -2.17. The zero-order valence-corrected chi connectivity index (χ0v) is 12.2. The number of benzene rings is 2. The molecule has 1 heterocycles. The molecule has 1 aliphatic heterocycles. The predicted molar refractivity (Wildman–Crippen MR) is 80.6 cm³/mol. The number of anilines is 1. The second-order valence-electron chi connectivity index (χ2n) is 5.18. The molecule has 1 aliphatic rings. The smallest absolute Gasteiger partial charge is 0.165 e. The van der Waals surface area contributed by atoms with E-state index >= 15 is 0 Å². The van der Waals surface area contributed by atoms with Crippen molar-refractivity contribution in [3.8, 4) is 11.5 Å². The van der Waals surface area contributed by atoms with Crippen LogP contribution in [-0.2, 0) is 6.42 Å². The molecule has 1 unspecified atom stereocenters. The molecule has 2 aromatic rings. The highest BCUT2D eigenvalue weighted by molar-refractivity contribution is 5.53. The molecule has 21 heavy (non-hydrogen) atoms. The first-order valence-corrected chi connectivity index (χ1v) is 7.03. The fourth-order valence-corrected chi connectivity index (χ4v) is 2.56. The molecule has 0 saturated carbocycles. The Hall–Kier alpha value is -2.23. The normalized spacial score (nSPS) is 14.2. The fraction of sp³-hybridized carbons (Fsp3) is 0.294. The van der Waals surface area contributed by atoms with Gasteiger partial charge in [-0.25, -0.2) is 4.39 Å². The van der Waals surface area contributed by atoms with Crippen molar-refractivity contribution in [3.05, 3.63) is 53.3 Å². The zero-order chi connectivity index (χ0) is 14.8. The highest BCUT2D eigenvalue weighted by Gasteiger charge is 2.14. The van der Waals surface area contributed by atoms with Crippen LogP contribution in [0.5, 0.6) is 11.5 Å². The zero-order valence-electron chi connectivity index (χ0n) is 12.2. The van der Waals surface area contributed by atoms with Crippen LogP contribution in [0.15, 0.2) is 36.4 Å². The van der Waals surface area contributed by atoms with Crippen LogP contribution >= 0.6 is 0 Å². The van der Waals surface area contributed by atoms with E-state index in [0.29, 0.717) is 0 Å². The summed E-state index contributed by atoms with van der Waals surface area (Å²) in [4.78, 5) is 0. The predicted octanol–water partition coefficient (Wildman–Crippen LogP) is 3.94. The quantitative estimate of drug-likeness (QED) is 0.924. The minimum atomic E-state index is -0.342. The molecule has 1 atom stereocenters. The molecule has 0 fully saturated rings. The Balaban J connectivity index is 1.76. The number of fused-ring (bicyclic) bond motifs is 1.